The Morgan fingerprint density at radius 2 is 2.00 bits per heavy atom. The van der Waals surface area contributed by atoms with E-state index in [0.717, 1.165) is 24.8 Å². The predicted molar refractivity (Wildman–Crippen MR) is 75.0 cm³/mol. The summed E-state index contributed by atoms with van der Waals surface area (Å²) >= 11 is 5.88. The van der Waals surface area contributed by atoms with Crippen LogP contribution in [0.5, 0.6) is 0 Å². The molecule has 0 heterocycles. The monoisotopic (exact) mass is 279 g/mol. The number of carbonyl (C=O) groups is 2. The van der Waals surface area contributed by atoms with Crippen LogP contribution in [0.4, 0.5) is 0 Å². The number of hydrogen-bond donors (Lipinski definition) is 1. The first-order chi connectivity index (χ1) is 9.08. The van der Waals surface area contributed by atoms with Crippen LogP contribution < -0.4 is 5.32 Å². The molecule has 0 spiro atoms. The Morgan fingerprint density at radius 3 is 2.58 bits per heavy atom. The van der Waals surface area contributed by atoms with Crippen molar-refractivity contribution in [3.63, 3.8) is 0 Å². The lowest BCUT2D eigenvalue weighted by atomic mass is 9.80. The Labute approximate surface area is 118 Å². The van der Waals surface area contributed by atoms with Crippen molar-refractivity contribution >= 4 is 23.3 Å². The second-order valence-corrected chi connectivity index (χ2v) is 5.48. The average molecular weight is 280 g/mol. The maximum absolute atomic E-state index is 12.1. The van der Waals surface area contributed by atoms with Gasteiger partial charge in [0.1, 0.15) is 5.78 Å². The quantitative estimate of drug-likeness (QED) is 0.923. The van der Waals surface area contributed by atoms with Crippen LogP contribution in [-0.2, 0) is 9.59 Å². The minimum atomic E-state index is -0.234. The van der Waals surface area contributed by atoms with Gasteiger partial charge in [-0.05, 0) is 30.5 Å². The molecular formula is C15H18ClNO2. The molecule has 1 N–H and O–H groups in total. The average Bonchev–Trinajstić information content (AvgIpc) is 2.38. The van der Waals surface area contributed by atoms with Crippen LogP contribution in [0.25, 0.3) is 0 Å². The number of hydrogen-bond acceptors (Lipinski definition) is 2. The van der Waals surface area contributed by atoms with E-state index in [9.17, 15) is 9.59 Å². The van der Waals surface area contributed by atoms with Gasteiger partial charge in [-0.3, -0.25) is 9.59 Å². The predicted octanol–water partition coefficient (Wildman–Crippen LogP) is 3.28. The van der Waals surface area contributed by atoms with Crippen LogP contribution in [0.2, 0.25) is 5.02 Å². The summed E-state index contributed by atoms with van der Waals surface area (Å²) in [7, 11) is 0. The summed E-state index contributed by atoms with van der Waals surface area (Å²) in [5.41, 5.74) is 0.944. The summed E-state index contributed by atoms with van der Waals surface area (Å²) in [5, 5.41) is 3.57. The fourth-order valence-corrected chi connectivity index (χ4v) is 2.79. The summed E-state index contributed by atoms with van der Waals surface area (Å²) < 4.78 is 0. The largest absolute Gasteiger partial charge is 0.349 e. The fraction of sp³-hybridized carbons (Fsp3) is 0.467. The van der Waals surface area contributed by atoms with Crippen molar-refractivity contribution in [1.29, 1.82) is 0 Å². The molecule has 2 unspecified atom stereocenters. The van der Waals surface area contributed by atoms with Gasteiger partial charge in [-0.2, -0.15) is 0 Å². The van der Waals surface area contributed by atoms with Crippen molar-refractivity contribution < 1.29 is 9.59 Å². The highest BCUT2D eigenvalue weighted by Gasteiger charge is 2.31. The Hall–Kier alpha value is -1.35. The molecular weight excluding hydrogens is 262 g/mol. The standard InChI is InChI=1S/C15H18ClNO2/c1-10(18)17-15(11-6-8-12(16)9-7-11)13-4-2-3-5-14(13)19/h6-9,13,15H,2-5H2,1H3,(H,17,18). The summed E-state index contributed by atoms with van der Waals surface area (Å²) in [6, 6.07) is 7.11. The summed E-state index contributed by atoms with van der Waals surface area (Å²) in [4.78, 5) is 23.5. The zero-order chi connectivity index (χ0) is 13.8. The van der Waals surface area contributed by atoms with Gasteiger partial charge in [0.15, 0.2) is 0 Å². The molecule has 2 rings (SSSR count). The number of carbonyl (C=O) groups excluding carboxylic acids is 2. The molecule has 0 saturated heterocycles. The molecule has 1 aliphatic rings. The highest BCUT2D eigenvalue weighted by Crippen LogP contribution is 2.32. The van der Waals surface area contributed by atoms with Crippen molar-refractivity contribution in [1.82, 2.24) is 5.32 Å². The van der Waals surface area contributed by atoms with Gasteiger partial charge >= 0.3 is 0 Å². The second-order valence-electron chi connectivity index (χ2n) is 5.05. The van der Waals surface area contributed by atoms with E-state index in [4.69, 9.17) is 11.6 Å². The van der Waals surface area contributed by atoms with Gasteiger partial charge in [-0.25, -0.2) is 0 Å². The summed E-state index contributed by atoms with van der Waals surface area (Å²) in [6.07, 6.45) is 3.46. The maximum Gasteiger partial charge on any atom is 0.217 e. The Morgan fingerprint density at radius 1 is 1.32 bits per heavy atom. The SMILES string of the molecule is CC(=O)NC(c1ccc(Cl)cc1)C1CCCCC1=O. The molecule has 1 aromatic carbocycles. The minimum absolute atomic E-state index is 0.112. The van der Waals surface area contributed by atoms with Gasteiger partial charge in [0.2, 0.25) is 5.91 Å². The first-order valence-electron chi connectivity index (χ1n) is 6.63. The summed E-state index contributed by atoms with van der Waals surface area (Å²) in [6.45, 7) is 1.48. The molecule has 0 bridgehead atoms. The Kier molecular flexibility index (Phi) is 4.59. The molecule has 1 aromatic rings. The van der Waals surface area contributed by atoms with E-state index in [0.29, 0.717) is 11.4 Å². The lowest BCUT2D eigenvalue weighted by Gasteiger charge is -2.30. The van der Waals surface area contributed by atoms with Gasteiger partial charge in [0.25, 0.3) is 0 Å². The first-order valence-corrected chi connectivity index (χ1v) is 7.01. The van der Waals surface area contributed by atoms with Crippen LogP contribution >= 0.6 is 11.6 Å². The molecule has 19 heavy (non-hydrogen) atoms. The van der Waals surface area contributed by atoms with Crippen LogP contribution in [0.3, 0.4) is 0 Å². The topological polar surface area (TPSA) is 46.2 Å². The maximum atomic E-state index is 12.1. The molecule has 1 amide bonds. The first kappa shape index (κ1) is 14.1. The third kappa shape index (κ3) is 3.57. The van der Waals surface area contributed by atoms with E-state index < -0.39 is 0 Å². The van der Waals surface area contributed by atoms with Crippen LogP contribution in [0.15, 0.2) is 24.3 Å². The molecule has 1 saturated carbocycles. The summed E-state index contributed by atoms with van der Waals surface area (Å²) in [5.74, 6) is 0.0251. The lowest BCUT2D eigenvalue weighted by molar-refractivity contribution is -0.126. The van der Waals surface area contributed by atoms with E-state index in [1.165, 1.54) is 6.92 Å². The van der Waals surface area contributed by atoms with Gasteiger partial charge in [-0.15, -0.1) is 0 Å². The van der Waals surface area contributed by atoms with Crippen molar-refractivity contribution in [2.24, 2.45) is 5.92 Å². The number of rotatable bonds is 3. The van der Waals surface area contributed by atoms with E-state index in [-0.39, 0.29) is 23.7 Å². The number of halogens is 1. The number of Topliss-reactive ketones (excluding diaryl/α,β-unsaturated/α-hetero) is 1. The zero-order valence-corrected chi connectivity index (χ0v) is 11.7. The zero-order valence-electron chi connectivity index (χ0n) is 11.0. The highest BCUT2D eigenvalue weighted by atomic mass is 35.5. The fourth-order valence-electron chi connectivity index (χ4n) is 2.67. The number of amides is 1. The minimum Gasteiger partial charge on any atom is -0.349 e. The Balaban J connectivity index is 2.26. The van der Waals surface area contributed by atoms with Gasteiger partial charge in [-0.1, -0.05) is 30.2 Å². The third-order valence-electron chi connectivity index (χ3n) is 3.59. The number of ketones is 1. The second kappa shape index (κ2) is 6.20. The number of benzene rings is 1. The highest BCUT2D eigenvalue weighted by molar-refractivity contribution is 6.30. The molecule has 1 aliphatic carbocycles. The van der Waals surface area contributed by atoms with Crippen molar-refractivity contribution in [3.8, 4) is 0 Å². The van der Waals surface area contributed by atoms with Crippen molar-refractivity contribution in [2.45, 2.75) is 38.6 Å². The molecule has 0 aliphatic heterocycles. The smallest absolute Gasteiger partial charge is 0.217 e. The molecule has 3 nitrogen and oxygen atoms in total. The van der Waals surface area contributed by atoms with Crippen LogP contribution in [-0.4, -0.2) is 11.7 Å². The van der Waals surface area contributed by atoms with Gasteiger partial charge in [0, 0.05) is 24.3 Å². The molecule has 0 radical (unpaired) electrons. The van der Waals surface area contributed by atoms with E-state index in [2.05, 4.69) is 5.32 Å². The van der Waals surface area contributed by atoms with E-state index >= 15 is 0 Å². The normalized spacial score (nSPS) is 20.9. The molecule has 102 valence electrons. The molecule has 2 atom stereocenters. The van der Waals surface area contributed by atoms with Gasteiger partial charge in [0.05, 0.1) is 6.04 Å². The third-order valence-corrected chi connectivity index (χ3v) is 3.84. The molecule has 0 aromatic heterocycles. The van der Waals surface area contributed by atoms with Crippen molar-refractivity contribution in [3.05, 3.63) is 34.9 Å². The Bertz CT molecular complexity index is 470. The van der Waals surface area contributed by atoms with E-state index in [1.807, 2.05) is 12.1 Å². The number of nitrogens with one attached hydrogen (secondary N) is 1. The molecule has 4 heteroatoms. The van der Waals surface area contributed by atoms with E-state index in [1.54, 1.807) is 12.1 Å². The molecule has 1 fully saturated rings. The van der Waals surface area contributed by atoms with Crippen LogP contribution in [0.1, 0.15) is 44.2 Å². The van der Waals surface area contributed by atoms with Gasteiger partial charge < -0.3 is 5.32 Å². The van der Waals surface area contributed by atoms with Crippen molar-refractivity contribution in [2.75, 3.05) is 0 Å². The lowest BCUT2D eigenvalue weighted by Crippen LogP contribution is -2.37. The van der Waals surface area contributed by atoms with Crippen LogP contribution in [0, 0.1) is 5.92 Å².